The maximum absolute atomic E-state index is 11.7. The van der Waals surface area contributed by atoms with Crippen LogP contribution in [-0.2, 0) is 16.6 Å². The molecule has 0 amide bonds. The van der Waals surface area contributed by atoms with Gasteiger partial charge in [0.1, 0.15) is 12.4 Å². The van der Waals surface area contributed by atoms with Crippen LogP contribution in [0.25, 0.3) is 0 Å². The second-order valence-corrected chi connectivity index (χ2v) is 7.75. The number of sulfonamides is 1. The number of hydrogen-bond acceptors (Lipinski definition) is 4. The van der Waals surface area contributed by atoms with Gasteiger partial charge in [0.25, 0.3) is 0 Å². The maximum atomic E-state index is 11.7. The van der Waals surface area contributed by atoms with Crippen LogP contribution in [0.3, 0.4) is 0 Å². The lowest BCUT2D eigenvalue weighted by atomic mass is 10.2. The van der Waals surface area contributed by atoms with Crippen LogP contribution in [0.1, 0.15) is 11.1 Å². The van der Waals surface area contributed by atoms with Crippen LogP contribution in [0.2, 0.25) is 0 Å². The van der Waals surface area contributed by atoms with Gasteiger partial charge in [-0.1, -0.05) is 29.8 Å². The summed E-state index contributed by atoms with van der Waals surface area (Å²) < 4.78 is 31.4. The van der Waals surface area contributed by atoms with E-state index in [0.29, 0.717) is 25.7 Å². The van der Waals surface area contributed by atoms with Crippen LogP contribution >= 0.6 is 24.0 Å². The zero-order valence-electron chi connectivity index (χ0n) is 16.2. The van der Waals surface area contributed by atoms with Crippen molar-refractivity contribution >= 4 is 40.0 Å². The number of ether oxygens (including phenoxy) is 1. The van der Waals surface area contributed by atoms with Gasteiger partial charge < -0.3 is 15.4 Å². The summed E-state index contributed by atoms with van der Waals surface area (Å²) in [5.74, 6) is 1.48. The van der Waals surface area contributed by atoms with E-state index in [2.05, 4.69) is 20.3 Å². The highest BCUT2D eigenvalue weighted by molar-refractivity contribution is 14.0. The van der Waals surface area contributed by atoms with Crippen molar-refractivity contribution in [2.45, 2.75) is 18.4 Å². The highest BCUT2D eigenvalue weighted by atomic mass is 127. The first-order valence-corrected chi connectivity index (χ1v) is 10.1. The third-order valence-electron chi connectivity index (χ3n) is 3.87. The highest BCUT2D eigenvalue weighted by Gasteiger charge is 2.10. The number of benzene rings is 2. The average molecular weight is 518 g/mol. The molecule has 0 aliphatic carbocycles. The number of nitrogens with one attached hydrogen (secondary N) is 3. The molecule has 0 saturated heterocycles. The van der Waals surface area contributed by atoms with Gasteiger partial charge >= 0.3 is 0 Å². The second kappa shape index (κ2) is 11.9. The van der Waals surface area contributed by atoms with Crippen molar-refractivity contribution in [1.82, 2.24) is 15.4 Å². The standard InChI is InChI=1S/C19H26N4O3S.HI/c1-15-4-8-17(9-5-15)26-13-12-22-19(20-2)23-14-16-6-10-18(11-7-16)27(24,25)21-3;/h4-11,21H,12-14H2,1-3H3,(H2,20,22,23);1H. The molecular weight excluding hydrogens is 491 g/mol. The molecule has 0 saturated carbocycles. The summed E-state index contributed by atoms with van der Waals surface area (Å²) in [6, 6.07) is 14.6. The predicted octanol–water partition coefficient (Wildman–Crippen LogP) is 2.27. The van der Waals surface area contributed by atoms with E-state index in [1.54, 1.807) is 31.3 Å². The van der Waals surface area contributed by atoms with Crippen molar-refractivity contribution in [1.29, 1.82) is 0 Å². The summed E-state index contributed by atoms with van der Waals surface area (Å²) in [5.41, 5.74) is 2.14. The highest BCUT2D eigenvalue weighted by Crippen LogP contribution is 2.11. The molecule has 9 heteroatoms. The monoisotopic (exact) mass is 518 g/mol. The van der Waals surface area contributed by atoms with Crippen LogP contribution in [0.15, 0.2) is 58.4 Å². The minimum absolute atomic E-state index is 0. The van der Waals surface area contributed by atoms with Gasteiger partial charge in [-0.15, -0.1) is 24.0 Å². The molecule has 0 atom stereocenters. The van der Waals surface area contributed by atoms with E-state index in [1.165, 1.54) is 12.6 Å². The van der Waals surface area contributed by atoms with Gasteiger partial charge in [-0.25, -0.2) is 13.1 Å². The molecule has 3 N–H and O–H groups in total. The quantitative estimate of drug-likeness (QED) is 0.216. The lowest BCUT2D eigenvalue weighted by Crippen LogP contribution is -2.38. The maximum Gasteiger partial charge on any atom is 0.240 e. The first kappa shape index (κ1) is 24.2. The normalized spacial score (nSPS) is 11.5. The van der Waals surface area contributed by atoms with E-state index in [0.717, 1.165) is 11.3 Å². The first-order valence-electron chi connectivity index (χ1n) is 8.61. The smallest absolute Gasteiger partial charge is 0.240 e. The molecule has 2 aromatic rings. The number of nitrogens with zero attached hydrogens (tertiary/aromatic N) is 1. The molecule has 0 aliphatic heterocycles. The van der Waals surface area contributed by atoms with Gasteiger partial charge in [0, 0.05) is 13.6 Å². The molecule has 0 aliphatic rings. The van der Waals surface area contributed by atoms with E-state index < -0.39 is 10.0 Å². The van der Waals surface area contributed by atoms with E-state index in [9.17, 15) is 8.42 Å². The third-order valence-corrected chi connectivity index (χ3v) is 5.30. The number of halogens is 1. The number of guanidine groups is 1. The zero-order chi connectivity index (χ0) is 19.7. The molecule has 0 aromatic heterocycles. The Morgan fingerprint density at radius 2 is 1.68 bits per heavy atom. The molecule has 28 heavy (non-hydrogen) atoms. The number of aliphatic imine (C=N–C) groups is 1. The summed E-state index contributed by atoms with van der Waals surface area (Å²) in [6.45, 7) is 3.68. The van der Waals surface area contributed by atoms with Gasteiger partial charge in [-0.2, -0.15) is 0 Å². The van der Waals surface area contributed by atoms with Crippen LogP contribution in [0.5, 0.6) is 5.75 Å². The van der Waals surface area contributed by atoms with Crippen LogP contribution < -0.4 is 20.1 Å². The summed E-state index contributed by atoms with van der Waals surface area (Å²) >= 11 is 0. The SMILES string of the molecule is CN=C(NCCOc1ccc(C)cc1)NCc1ccc(S(=O)(=O)NC)cc1.I. The van der Waals surface area contributed by atoms with Crippen molar-refractivity contribution in [3.05, 3.63) is 59.7 Å². The molecule has 0 bridgehead atoms. The molecule has 0 heterocycles. The van der Waals surface area contributed by atoms with Crippen LogP contribution in [0.4, 0.5) is 0 Å². The predicted molar refractivity (Wildman–Crippen MR) is 123 cm³/mol. The molecule has 0 spiro atoms. The van der Waals surface area contributed by atoms with E-state index in [-0.39, 0.29) is 28.9 Å². The Balaban J connectivity index is 0.00000392. The summed E-state index contributed by atoms with van der Waals surface area (Å²) in [5, 5.41) is 6.36. The molecule has 2 aromatic carbocycles. The third kappa shape index (κ3) is 7.64. The minimum Gasteiger partial charge on any atom is -0.492 e. The fourth-order valence-electron chi connectivity index (χ4n) is 2.28. The topological polar surface area (TPSA) is 91.8 Å². The Labute approximate surface area is 184 Å². The van der Waals surface area contributed by atoms with Crippen molar-refractivity contribution in [2.75, 3.05) is 27.2 Å². The Hall–Kier alpha value is -1.85. The Kier molecular flexibility index (Phi) is 10.3. The van der Waals surface area contributed by atoms with Gasteiger partial charge in [0.05, 0.1) is 11.4 Å². The molecule has 0 radical (unpaired) electrons. The number of hydrogen-bond donors (Lipinski definition) is 3. The Bertz CT molecular complexity index is 854. The fourth-order valence-corrected chi connectivity index (χ4v) is 3.01. The first-order chi connectivity index (χ1) is 12.9. The summed E-state index contributed by atoms with van der Waals surface area (Å²) in [6.07, 6.45) is 0. The van der Waals surface area contributed by atoms with Crippen molar-refractivity contribution in [3.63, 3.8) is 0 Å². The summed E-state index contributed by atoms with van der Waals surface area (Å²) in [4.78, 5) is 4.40. The van der Waals surface area contributed by atoms with Gasteiger partial charge in [-0.05, 0) is 43.8 Å². The lowest BCUT2D eigenvalue weighted by molar-refractivity contribution is 0.322. The number of aryl methyl sites for hydroxylation is 1. The largest absolute Gasteiger partial charge is 0.492 e. The van der Waals surface area contributed by atoms with Crippen LogP contribution in [-0.4, -0.2) is 41.6 Å². The zero-order valence-corrected chi connectivity index (χ0v) is 19.4. The second-order valence-electron chi connectivity index (χ2n) is 5.87. The van der Waals surface area contributed by atoms with E-state index in [4.69, 9.17) is 4.74 Å². The molecule has 0 unspecified atom stereocenters. The van der Waals surface area contributed by atoms with E-state index in [1.807, 2.05) is 31.2 Å². The van der Waals surface area contributed by atoms with Crippen molar-refractivity contribution in [2.24, 2.45) is 4.99 Å². The lowest BCUT2D eigenvalue weighted by Gasteiger charge is -2.13. The van der Waals surface area contributed by atoms with E-state index >= 15 is 0 Å². The Morgan fingerprint density at radius 3 is 2.25 bits per heavy atom. The van der Waals surface area contributed by atoms with Crippen molar-refractivity contribution < 1.29 is 13.2 Å². The van der Waals surface area contributed by atoms with Gasteiger partial charge in [0.2, 0.25) is 10.0 Å². The van der Waals surface area contributed by atoms with Gasteiger partial charge in [0.15, 0.2) is 5.96 Å². The number of rotatable bonds is 8. The molecular formula is C19H27IN4O3S. The molecule has 7 nitrogen and oxygen atoms in total. The average Bonchev–Trinajstić information content (AvgIpc) is 2.69. The molecule has 2 rings (SSSR count). The minimum atomic E-state index is -3.41. The summed E-state index contributed by atoms with van der Waals surface area (Å²) in [7, 11) is -0.327. The molecule has 0 fully saturated rings. The Morgan fingerprint density at radius 1 is 1.04 bits per heavy atom. The van der Waals surface area contributed by atoms with Gasteiger partial charge in [-0.3, -0.25) is 4.99 Å². The molecule has 154 valence electrons. The van der Waals surface area contributed by atoms with Crippen molar-refractivity contribution in [3.8, 4) is 5.75 Å². The fraction of sp³-hybridized carbons (Fsp3) is 0.316. The van der Waals surface area contributed by atoms with Crippen LogP contribution in [0, 0.1) is 6.92 Å².